The number of anilines is 2. The van der Waals surface area contributed by atoms with Crippen molar-refractivity contribution in [1.82, 2.24) is 4.98 Å². The molecule has 0 aliphatic heterocycles. The second kappa shape index (κ2) is 4.28. The molecule has 0 atom stereocenters. The predicted octanol–water partition coefficient (Wildman–Crippen LogP) is 1.31. The molecule has 4 nitrogen and oxygen atoms in total. The van der Waals surface area contributed by atoms with Crippen molar-refractivity contribution in [3.05, 3.63) is 18.2 Å². The highest BCUT2D eigenvalue weighted by atomic mass is 16.3. The number of nitrogens with one attached hydrogen (secondary N) is 2. The number of aliphatic hydroxyl groups is 1. The maximum Gasteiger partial charge on any atom is 0.128 e. The highest BCUT2D eigenvalue weighted by molar-refractivity contribution is 5.44. The third kappa shape index (κ3) is 3.62. The summed E-state index contributed by atoms with van der Waals surface area (Å²) in [5, 5.41) is 15.5. The Hall–Kier alpha value is -1.29. The number of hydrogen-bond donors (Lipinski definition) is 3. The molecule has 0 saturated heterocycles. The predicted molar refractivity (Wildman–Crippen MR) is 58.6 cm³/mol. The van der Waals surface area contributed by atoms with E-state index in [4.69, 9.17) is 0 Å². The summed E-state index contributed by atoms with van der Waals surface area (Å²) in [6, 6.07) is 5.66. The highest BCUT2D eigenvalue weighted by Gasteiger charge is 2.11. The Kier molecular flexibility index (Phi) is 3.30. The Labute approximate surface area is 84.4 Å². The molecule has 0 fully saturated rings. The van der Waals surface area contributed by atoms with E-state index >= 15 is 0 Å². The minimum Gasteiger partial charge on any atom is -0.389 e. The first-order valence-electron chi connectivity index (χ1n) is 4.62. The Bertz CT molecular complexity index is 294. The van der Waals surface area contributed by atoms with Gasteiger partial charge in [0.25, 0.3) is 0 Å². The molecule has 0 aromatic carbocycles. The Balaban J connectivity index is 2.59. The van der Waals surface area contributed by atoms with Crippen LogP contribution < -0.4 is 10.6 Å². The molecule has 78 valence electrons. The summed E-state index contributed by atoms with van der Waals surface area (Å²) in [7, 11) is 1.82. The van der Waals surface area contributed by atoms with Crippen LogP contribution >= 0.6 is 0 Å². The van der Waals surface area contributed by atoms with Gasteiger partial charge in [0.05, 0.1) is 5.60 Å². The monoisotopic (exact) mass is 195 g/mol. The third-order valence-corrected chi connectivity index (χ3v) is 1.71. The van der Waals surface area contributed by atoms with Gasteiger partial charge in [0.1, 0.15) is 11.6 Å². The maximum atomic E-state index is 9.50. The number of rotatable bonds is 4. The van der Waals surface area contributed by atoms with Crippen molar-refractivity contribution in [3.8, 4) is 0 Å². The zero-order valence-corrected chi connectivity index (χ0v) is 8.83. The van der Waals surface area contributed by atoms with E-state index in [1.165, 1.54) is 0 Å². The van der Waals surface area contributed by atoms with Crippen LogP contribution in [0.15, 0.2) is 18.2 Å². The normalized spacial score (nSPS) is 11.1. The first-order chi connectivity index (χ1) is 6.51. The highest BCUT2D eigenvalue weighted by Crippen LogP contribution is 2.09. The molecule has 1 rings (SSSR count). The van der Waals surface area contributed by atoms with Crippen LogP contribution in [-0.4, -0.2) is 29.3 Å². The second-order valence-electron chi connectivity index (χ2n) is 3.82. The van der Waals surface area contributed by atoms with Gasteiger partial charge in [-0.2, -0.15) is 0 Å². The van der Waals surface area contributed by atoms with Gasteiger partial charge in [-0.25, -0.2) is 4.98 Å². The first-order valence-corrected chi connectivity index (χ1v) is 4.62. The molecule has 0 amide bonds. The summed E-state index contributed by atoms with van der Waals surface area (Å²) in [6.45, 7) is 3.98. The van der Waals surface area contributed by atoms with Crippen molar-refractivity contribution < 1.29 is 5.11 Å². The van der Waals surface area contributed by atoms with Crippen molar-refractivity contribution in [2.45, 2.75) is 19.4 Å². The van der Waals surface area contributed by atoms with E-state index in [0.717, 1.165) is 11.6 Å². The van der Waals surface area contributed by atoms with Crippen LogP contribution in [0.4, 0.5) is 11.6 Å². The number of nitrogens with zero attached hydrogens (tertiary/aromatic N) is 1. The van der Waals surface area contributed by atoms with Gasteiger partial charge in [0.15, 0.2) is 0 Å². The van der Waals surface area contributed by atoms with Crippen molar-refractivity contribution in [2.24, 2.45) is 0 Å². The molecule has 0 radical (unpaired) electrons. The average Bonchev–Trinajstić information content (AvgIpc) is 2.14. The van der Waals surface area contributed by atoms with E-state index in [9.17, 15) is 5.11 Å². The van der Waals surface area contributed by atoms with Gasteiger partial charge >= 0.3 is 0 Å². The largest absolute Gasteiger partial charge is 0.389 e. The standard InChI is InChI=1S/C10H17N3O/c1-10(2,14)7-12-9-6-4-5-8(11-3)13-9/h4-6,14H,7H2,1-3H3,(H2,11,12,13). The second-order valence-corrected chi connectivity index (χ2v) is 3.82. The van der Waals surface area contributed by atoms with Gasteiger partial charge in [-0.3, -0.25) is 0 Å². The molecular weight excluding hydrogens is 178 g/mol. The summed E-state index contributed by atoms with van der Waals surface area (Å²) < 4.78 is 0. The fourth-order valence-electron chi connectivity index (χ4n) is 0.979. The van der Waals surface area contributed by atoms with E-state index in [1.54, 1.807) is 13.8 Å². The molecule has 4 heteroatoms. The Morgan fingerprint density at radius 3 is 2.57 bits per heavy atom. The summed E-state index contributed by atoms with van der Waals surface area (Å²) in [5.41, 5.74) is -0.725. The van der Waals surface area contributed by atoms with Crippen LogP contribution in [-0.2, 0) is 0 Å². The first kappa shape index (κ1) is 10.8. The van der Waals surface area contributed by atoms with Crippen LogP contribution in [0.2, 0.25) is 0 Å². The smallest absolute Gasteiger partial charge is 0.128 e. The zero-order chi connectivity index (χ0) is 10.6. The lowest BCUT2D eigenvalue weighted by atomic mass is 10.1. The van der Waals surface area contributed by atoms with Crippen LogP contribution in [0, 0.1) is 0 Å². The molecule has 3 N–H and O–H groups in total. The van der Waals surface area contributed by atoms with E-state index in [-0.39, 0.29) is 0 Å². The molecule has 0 unspecified atom stereocenters. The van der Waals surface area contributed by atoms with Gasteiger partial charge in [-0.15, -0.1) is 0 Å². The summed E-state index contributed by atoms with van der Waals surface area (Å²) >= 11 is 0. The lowest BCUT2D eigenvalue weighted by Gasteiger charge is -2.18. The van der Waals surface area contributed by atoms with Crippen LogP contribution in [0.5, 0.6) is 0 Å². The Morgan fingerprint density at radius 2 is 2.00 bits per heavy atom. The van der Waals surface area contributed by atoms with Crippen molar-refractivity contribution >= 4 is 11.6 Å². The lowest BCUT2D eigenvalue weighted by molar-refractivity contribution is 0.0944. The molecule has 14 heavy (non-hydrogen) atoms. The molecule has 0 saturated carbocycles. The van der Waals surface area contributed by atoms with Gasteiger partial charge in [0.2, 0.25) is 0 Å². The average molecular weight is 195 g/mol. The topological polar surface area (TPSA) is 57.2 Å². The van der Waals surface area contributed by atoms with Crippen molar-refractivity contribution in [2.75, 3.05) is 24.2 Å². The van der Waals surface area contributed by atoms with Crippen LogP contribution in [0.1, 0.15) is 13.8 Å². The summed E-state index contributed by atoms with van der Waals surface area (Å²) in [5.74, 6) is 1.57. The fourth-order valence-corrected chi connectivity index (χ4v) is 0.979. The number of aromatic nitrogens is 1. The zero-order valence-electron chi connectivity index (χ0n) is 8.83. The van der Waals surface area contributed by atoms with Crippen LogP contribution in [0.3, 0.4) is 0 Å². The van der Waals surface area contributed by atoms with E-state index < -0.39 is 5.60 Å². The summed E-state index contributed by atoms with van der Waals surface area (Å²) in [6.07, 6.45) is 0. The minimum atomic E-state index is -0.725. The molecular formula is C10H17N3O. The van der Waals surface area contributed by atoms with E-state index in [0.29, 0.717) is 6.54 Å². The molecule has 0 aliphatic carbocycles. The third-order valence-electron chi connectivity index (χ3n) is 1.71. The maximum absolute atomic E-state index is 9.50. The molecule has 0 aliphatic rings. The molecule has 1 heterocycles. The SMILES string of the molecule is CNc1cccc(NCC(C)(C)O)n1. The van der Waals surface area contributed by atoms with Gasteiger partial charge in [-0.05, 0) is 26.0 Å². The lowest BCUT2D eigenvalue weighted by Crippen LogP contribution is -2.29. The van der Waals surface area contributed by atoms with Gasteiger partial charge < -0.3 is 15.7 Å². The molecule has 0 bridgehead atoms. The summed E-state index contributed by atoms with van der Waals surface area (Å²) in [4.78, 5) is 4.26. The van der Waals surface area contributed by atoms with Crippen LogP contribution in [0.25, 0.3) is 0 Å². The van der Waals surface area contributed by atoms with E-state index in [1.807, 2.05) is 25.2 Å². The number of hydrogen-bond acceptors (Lipinski definition) is 4. The van der Waals surface area contributed by atoms with E-state index in [2.05, 4.69) is 15.6 Å². The quantitative estimate of drug-likeness (QED) is 0.678. The van der Waals surface area contributed by atoms with Crippen molar-refractivity contribution in [1.29, 1.82) is 0 Å². The molecule has 1 aromatic rings. The van der Waals surface area contributed by atoms with Crippen molar-refractivity contribution in [3.63, 3.8) is 0 Å². The molecule has 1 aromatic heterocycles. The Morgan fingerprint density at radius 1 is 1.36 bits per heavy atom. The fraction of sp³-hybridized carbons (Fsp3) is 0.500. The molecule has 0 spiro atoms. The van der Waals surface area contributed by atoms with Gasteiger partial charge in [-0.1, -0.05) is 6.07 Å². The van der Waals surface area contributed by atoms with Gasteiger partial charge in [0, 0.05) is 13.6 Å². The number of pyridine rings is 1. The minimum absolute atomic E-state index is 0.479.